The molecule has 0 saturated heterocycles. The van der Waals surface area contributed by atoms with Crippen molar-refractivity contribution < 1.29 is 14.3 Å². The first kappa shape index (κ1) is 12.0. The van der Waals surface area contributed by atoms with Gasteiger partial charge in [-0.1, -0.05) is 11.6 Å². The number of benzene rings is 1. The summed E-state index contributed by atoms with van der Waals surface area (Å²) in [6.45, 7) is 0.603. The van der Waals surface area contributed by atoms with Gasteiger partial charge in [0.2, 0.25) is 5.78 Å². The summed E-state index contributed by atoms with van der Waals surface area (Å²) in [4.78, 5) is 11.7. The second-order valence-electron chi connectivity index (χ2n) is 3.72. The molecule has 0 spiro atoms. The Labute approximate surface area is 105 Å². The van der Waals surface area contributed by atoms with Crippen LogP contribution in [-0.4, -0.2) is 19.0 Å². The number of allylic oxidation sites excluding steroid dienone is 1. The van der Waals surface area contributed by atoms with Gasteiger partial charge in [-0.15, -0.1) is 0 Å². The molecule has 1 aromatic carbocycles. The van der Waals surface area contributed by atoms with E-state index in [0.29, 0.717) is 23.1 Å². The molecule has 0 N–H and O–H groups in total. The molecule has 17 heavy (non-hydrogen) atoms. The van der Waals surface area contributed by atoms with E-state index in [1.807, 2.05) is 6.08 Å². The first-order chi connectivity index (χ1) is 8.25. The van der Waals surface area contributed by atoms with Crippen molar-refractivity contribution in [2.45, 2.75) is 12.8 Å². The minimum Gasteiger partial charge on any atom is -0.490 e. The van der Waals surface area contributed by atoms with E-state index < -0.39 is 0 Å². The Morgan fingerprint density at radius 1 is 1.35 bits per heavy atom. The molecule has 0 bridgehead atoms. The smallest absolute Gasteiger partial charge is 0.234 e. The first-order valence-electron chi connectivity index (χ1n) is 5.50. The van der Waals surface area contributed by atoms with Crippen LogP contribution in [0.5, 0.6) is 5.75 Å². The minimum absolute atomic E-state index is 0.00648. The van der Waals surface area contributed by atoms with Gasteiger partial charge < -0.3 is 9.47 Å². The second-order valence-corrected chi connectivity index (χ2v) is 4.16. The minimum atomic E-state index is -0.125. The van der Waals surface area contributed by atoms with Crippen LogP contribution in [0.25, 0.3) is 0 Å². The van der Waals surface area contributed by atoms with Crippen molar-refractivity contribution in [3.05, 3.63) is 41.1 Å². The molecule has 0 aliphatic carbocycles. The van der Waals surface area contributed by atoms with Crippen LogP contribution < -0.4 is 4.74 Å². The van der Waals surface area contributed by atoms with Crippen molar-refractivity contribution in [1.82, 2.24) is 0 Å². The molecular weight excluding hydrogens is 240 g/mol. The van der Waals surface area contributed by atoms with Gasteiger partial charge >= 0.3 is 0 Å². The summed E-state index contributed by atoms with van der Waals surface area (Å²) < 4.78 is 10.6. The maximum atomic E-state index is 11.7. The van der Waals surface area contributed by atoms with Gasteiger partial charge in [-0.25, -0.2) is 0 Å². The number of rotatable bonds is 4. The van der Waals surface area contributed by atoms with E-state index in [1.54, 1.807) is 24.3 Å². The predicted molar refractivity (Wildman–Crippen MR) is 65.2 cm³/mol. The Hall–Kier alpha value is -1.48. The van der Waals surface area contributed by atoms with Crippen LogP contribution in [0.15, 0.2) is 36.1 Å². The van der Waals surface area contributed by atoms with E-state index in [-0.39, 0.29) is 12.4 Å². The van der Waals surface area contributed by atoms with E-state index in [4.69, 9.17) is 21.1 Å². The monoisotopic (exact) mass is 252 g/mol. The first-order valence-corrected chi connectivity index (χ1v) is 5.88. The number of ether oxygens (including phenoxy) is 2. The lowest BCUT2D eigenvalue weighted by Crippen LogP contribution is -2.18. The predicted octanol–water partition coefficient (Wildman–Crippen LogP) is 2.98. The Kier molecular flexibility index (Phi) is 4.04. The van der Waals surface area contributed by atoms with Crippen LogP contribution in [0.4, 0.5) is 0 Å². The molecule has 1 aromatic rings. The highest BCUT2D eigenvalue weighted by atomic mass is 35.5. The van der Waals surface area contributed by atoms with Gasteiger partial charge in [0.25, 0.3) is 0 Å². The topological polar surface area (TPSA) is 35.5 Å². The summed E-state index contributed by atoms with van der Waals surface area (Å²) in [5.41, 5.74) is 0. The highest BCUT2D eigenvalue weighted by Crippen LogP contribution is 2.16. The van der Waals surface area contributed by atoms with Gasteiger partial charge in [0.1, 0.15) is 5.75 Å². The summed E-state index contributed by atoms with van der Waals surface area (Å²) in [5, 5.41) is 0.641. The molecule has 0 fully saturated rings. The molecule has 1 aliphatic heterocycles. The average molecular weight is 253 g/mol. The van der Waals surface area contributed by atoms with Gasteiger partial charge in [-0.2, -0.15) is 0 Å². The Bertz CT molecular complexity index is 423. The summed E-state index contributed by atoms with van der Waals surface area (Å²) in [7, 11) is 0. The summed E-state index contributed by atoms with van der Waals surface area (Å²) >= 11 is 5.74. The van der Waals surface area contributed by atoms with Crippen LogP contribution in [0.2, 0.25) is 5.02 Å². The number of halogens is 1. The molecule has 0 radical (unpaired) electrons. The normalized spacial score (nSPS) is 14.8. The van der Waals surface area contributed by atoms with Crippen LogP contribution in [0.1, 0.15) is 12.8 Å². The van der Waals surface area contributed by atoms with Gasteiger partial charge in [-0.05, 0) is 43.2 Å². The highest BCUT2D eigenvalue weighted by Gasteiger charge is 2.14. The molecule has 0 saturated carbocycles. The molecule has 2 rings (SSSR count). The zero-order chi connectivity index (χ0) is 12.1. The molecule has 0 atom stereocenters. The zero-order valence-corrected chi connectivity index (χ0v) is 10.1. The molecule has 0 amide bonds. The van der Waals surface area contributed by atoms with Crippen molar-refractivity contribution >= 4 is 17.4 Å². The van der Waals surface area contributed by atoms with Crippen LogP contribution in [0.3, 0.4) is 0 Å². The third-order valence-electron chi connectivity index (χ3n) is 2.39. The molecule has 1 aliphatic rings. The van der Waals surface area contributed by atoms with Crippen molar-refractivity contribution in [2.75, 3.05) is 13.2 Å². The summed E-state index contributed by atoms with van der Waals surface area (Å²) in [6, 6.07) is 6.90. The number of carbonyl (C=O) groups excluding carboxylic acids is 1. The summed E-state index contributed by atoms with van der Waals surface area (Å²) in [6.07, 6.45) is 3.67. The van der Waals surface area contributed by atoms with Gasteiger partial charge in [0.05, 0.1) is 6.61 Å². The third-order valence-corrected chi connectivity index (χ3v) is 2.65. The summed E-state index contributed by atoms with van der Waals surface area (Å²) in [5.74, 6) is 0.920. The van der Waals surface area contributed by atoms with E-state index >= 15 is 0 Å². The van der Waals surface area contributed by atoms with Crippen molar-refractivity contribution in [1.29, 1.82) is 0 Å². The lowest BCUT2D eigenvalue weighted by molar-refractivity contribution is -0.121. The maximum absolute atomic E-state index is 11.7. The number of hydrogen-bond acceptors (Lipinski definition) is 3. The SMILES string of the molecule is O=C(COc1ccc(Cl)cc1)C1=CCCCO1. The maximum Gasteiger partial charge on any atom is 0.234 e. The van der Waals surface area contributed by atoms with Crippen LogP contribution in [-0.2, 0) is 9.53 Å². The van der Waals surface area contributed by atoms with Crippen molar-refractivity contribution in [3.8, 4) is 5.75 Å². The molecule has 3 nitrogen and oxygen atoms in total. The van der Waals surface area contributed by atoms with E-state index in [0.717, 1.165) is 12.8 Å². The fraction of sp³-hybridized carbons (Fsp3) is 0.308. The fourth-order valence-corrected chi connectivity index (χ4v) is 1.63. The standard InChI is InChI=1S/C13H13ClO3/c14-10-4-6-11(7-5-10)17-9-12(15)13-3-1-2-8-16-13/h3-7H,1-2,8-9H2. The third kappa shape index (κ3) is 3.49. The molecule has 4 heteroatoms. The van der Waals surface area contributed by atoms with Crippen molar-refractivity contribution in [3.63, 3.8) is 0 Å². The lowest BCUT2D eigenvalue weighted by atomic mass is 10.2. The Balaban J connectivity index is 1.87. The van der Waals surface area contributed by atoms with Crippen molar-refractivity contribution in [2.24, 2.45) is 0 Å². The Morgan fingerprint density at radius 2 is 2.12 bits per heavy atom. The average Bonchev–Trinajstić information content (AvgIpc) is 2.39. The quantitative estimate of drug-likeness (QED) is 0.826. The largest absolute Gasteiger partial charge is 0.490 e. The molecule has 90 valence electrons. The van der Waals surface area contributed by atoms with Crippen LogP contribution >= 0.6 is 11.6 Å². The number of ketones is 1. The second kappa shape index (κ2) is 5.73. The van der Waals surface area contributed by atoms with Gasteiger partial charge in [0, 0.05) is 5.02 Å². The number of Topliss-reactive ketones (excluding diaryl/α,β-unsaturated/α-hetero) is 1. The van der Waals surface area contributed by atoms with E-state index in [1.165, 1.54) is 0 Å². The highest BCUT2D eigenvalue weighted by molar-refractivity contribution is 6.30. The van der Waals surface area contributed by atoms with Crippen LogP contribution in [0, 0.1) is 0 Å². The fourth-order valence-electron chi connectivity index (χ4n) is 1.50. The van der Waals surface area contributed by atoms with Gasteiger partial charge in [-0.3, -0.25) is 4.79 Å². The lowest BCUT2D eigenvalue weighted by Gasteiger charge is -2.14. The number of hydrogen-bond donors (Lipinski definition) is 0. The number of carbonyl (C=O) groups is 1. The molecular formula is C13H13ClO3. The molecule has 0 aromatic heterocycles. The molecule has 1 heterocycles. The van der Waals surface area contributed by atoms with Gasteiger partial charge in [0.15, 0.2) is 12.4 Å². The molecule has 0 unspecified atom stereocenters. The zero-order valence-electron chi connectivity index (χ0n) is 9.32. The van der Waals surface area contributed by atoms with E-state index in [2.05, 4.69) is 0 Å². The van der Waals surface area contributed by atoms with E-state index in [9.17, 15) is 4.79 Å². The Morgan fingerprint density at radius 3 is 2.76 bits per heavy atom.